The first-order valence-corrected chi connectivity index (χ1v) is 8.19. The zero-order chi connectivity index (χ0) is 17.4. The number of piperidine rings is 1. The minimum absolute atomic E-state index is 0.00590. The molecule has 0 N–H and O–H groups in total. The fraction of sp³-hybridized carbons (Fsp3) is 0.500. The summed E-state index contributed by atoms with van der Waals surface area (Å²) in [5.74, 6) is 0.479. The van der Waals surface area contributed by atoms with Gasteiger partial charge in [0.05, 0.1) is 25.0 Å². The molecule has 2 rings (SSSR count). The lowest BCUT2D eigenvalue weighted by molar-refractivity contribution is -0.139. The normalized spacial score (nSPS) is 17.0. The molecule has 128 valence electrons. The van der Waals surface area contributed by atoms with E-state index in [1.165, 1.54) is 4.90 Å². The van der Waals surface area contributed by atoms with Crippen LogP contribution in [0.4, 0.5) is 0 Å². The van der Waals surface area contributed by atoms with E-state index in [1.54, 1.807) is 11.9 Å². The van der Waals surface area contributed by atoms with Crippen molar-refractivity contribution in [3.63, 3.8) is 0 Å². The molecule has 1 fully saturated rings. The van der Waals surface area contributed by atoms with Crippen molar-refractivity contribution in [2.75, 3.05) is 33.3 Å². The van der Waals surface area contributed by atoms with E-state index in [9.17, 15) is 9.59 Å². The van der Waals surface area contributed by atoms with Crippen LogP contribution in [0.5, 0.6) is 5.75 Å². The van der Waals surface area contributed by atoms with Gasteiger partial charge in [-0.05, 0) is 25.0 Å². The highest BCUT2D eigenvalue weighted by molar-refractivity contribution is 5.81. The Morgan fingerprint density at radius 3 is 2.83 bits per heavy atom. The molecule has 0 radical (unpaired) electrons. The van der Waals surface area contributed by atoms with E-state index in [1.807, 2.05) is 36.4 Å². The van der Waals surface area contributed by atoms with Crippen molar-refractivity contribution in [2.45, 2.75) is 19.3 Å². The Labute approximate surface area is 142 Å². The monoisotopic (exact) mass is 329 g/mol. The summed E-state index contributed by atoms with van der Waals surface area (Å²) >= 11 is 0. The molecule has 1 atom stereocenters. The summed E-state index contributed by atoms with van der Waals surface area (Å²) in [4.78, 5) is 27.8. The molecule has 1 aliphatic heterocycles. The number of nitrogens with zero attached hydrogens (tertiary/aromatic N) is 3. The molecule has 1 unspecified atom stereocenters. The third kappa shape index (κ3) is 4.98. The lowest BCUT2D eigenvalue weighted by Gasteiger charge is -2.33. The number of likely N-dealkylation sites (tertiary alicyclic amines) is 1. The zero-order valence-electron chi connectivity index (χ0n) is 14.0. The van der Waals surface area contributed by atoms with E-state index >= 15 is 0 Å². The summed E-state index contributed by atoms with van der Waals surface area (Å²) in [6.45, 7) is 1.51. The maximum Gasteiger partial charge on any atom is 0.228 e. The Bertz CT molecular complexity index is 597. The van der Waals surface area contributed by atoms with Gasteiger partial charge in [0.15, 0.2) is 0 Å². The molecule has 0 saturated carbocycles. The fourth-order valence-corrected chi connectivity index (χ4v) is 2.83. The predicted octanol–water partition coefficient (Wildman–Crippen LogP) is 1.68. The SMILES string of the molecule is CN(CC#N)C(=O)C1CCCN(C(=O)CCOc2ccccc2)C1. The summed E-state index contributed by atoms with van der Waals surface area (Å²) in [6, 6.07) is 11.4. The number of hydrogen-bond donors (Lipinski definition) is 0. The number of carbonyl (C=O) groups is 2. The van der Waals surface area contributed by atoms with Crippen molar-refractivity contribution < 1.29 is 14.3 Å². The van der Waals surface area contributed by atoms with Crippen molar-refractivity contribution in [3.05, 3.63) is 30.3 Å². The van der Waals surface area contributed by atoms with Gasteiger partial charge in [0.25, 0.3) is 0 Å². The Hall–Kier alpha value is -2.55. The van der Waals surface area contributed by atoms with Gasteiger partial charge < -0.3 is 14.5 Å². The molecule has 1 aliphatic rings. The Balaban J connectivity index is 1.79. The molecule has 6 nitrogen and oxygen atoms in total. The second-order valence-corrected chi connectivity index (χ2v) is 5.94. The summed E-state index contributed by atoms with van der Waals surface area (Å²) in [5, 5.41) is 8.69. The van der Waals surface area contributed by atoms with Gasteiger partial charge in [-0.25, -0.2) is 0 Å². The molecule has 24 heavy (non-hydrogen) atoms. The lowest BCUT2D eigenvalue weighted by atomic mass is 9.96. The van der Waals surface area contributed by atoms with Gasteiger partial charge in [-0.15, -0.1) is 0 Å². The van der Waals surface area contributed by atoms with Crippen LogP contribution in [0.1, 0.15) is 19.3 Å². The predicted molar refractivity (Wildman–Crippen MR) is 89.1 cm³/mol. The van der Waals surface area contributed by atoms with Crippen LogP contribution < -0.4 is 4.74 Å². The second-order valence-electron chi connectivity index (χ2n) is 5.94. The van der Waals surface area contributed by atoms with Crippen LogP contribution in [-0.2, 0) is 9.59 Å². The number of amides is 2. The Kier molecular flexibility index (Phi) is 6.62. The second kappa shape index (κ2) is 8.92. The van der Waals surface area contributed by atoms with Crippen LogP contribution in [0.15, 0.2) is 30.3 Å². The van der Waals surface area contributed by atoms with E-state index < -0.39 is 0 Å². The van der Waals surface area contributed by atoms with E-state index in [-0.39, 0.29) is 24.3 Å². The van der Waals surface area contributed by atoms with Crippen LogP contribution in [0.3, 0.4) is 0 Å². The number of nitriles is 1. The average molecular weight is 329 g/mol. The smallest absolute Gasteiger partial charge is 0.228 e. The van der Waals surface area contributed by atoms with Gasteiger partial charge in [0.1, 0.15) is 12.3 Å². The van der Waals surface area contributed by atoms with Gasteiger partial charge in [-0.1, -0.05) is 18.2 Å². The van der Waals surface area contributed by atoms with Gasteiger partial charge in [0, 0.05) is 20.1 Å². The van der Waals surface area contributed by atoms with Crippen LogP contribution in [-0.4, -0.2) is 54.9 Å². The standard InChI is InChI=1S/C18H23N3O3/c1-20(12-10-19)18(23)15-6-5-11-21(14-15)17(22)9-13-24-16-7-3-2-4-8-16/h2-4,7-8,15H,5-6,9,11-14H2,1H3. The first-order chi connectivity index (χ1) is 11.6. The molecule has 6 heteroatoms. The summed E-state index contributed by atoms with van der Waals surface area (Å²) in [5.41, 5.74) is 0. The van der Waals surface area contributed by atoms with E-state index in [0.717, 1.165) is 18.6 Å². The number of ether oxygens (including phenoxy) is 1. The zero-order valence-corrected chi connectivity index (χ0v) is 14.0. The highest BCUT2D eigenvalue weighted by Gasteiger charge is 2.29. The topological polar surface area (TPSA) is 73.6 Å². The summed E-state index contributed by atoms with van der Waals surface area (Å²) in [7, 11) is 1.63. The van der Waals surface area contributed by atoms with Crippen molar-refractivity contribution in [1.29, 1.82) is 5.26 Å². The van der Waals surface area contributed by atoms with Crippen molar-refractivity contribution >= 4 is 11.8 Å². The highest BCUT2D eigenvalue weighted by Crippen LogP contribution is 2.19. The van der Waals surface area contributed by atoms with Crippen LogP contribution in [0.25, 0.3) is 0 Å². The quantitative estimate of drug-likeness (QED) is 0.744. The molecule has 0 spiro atoms. The van der Waals surface area contributed by atoms with E-state index in [2.05, 4.69) is 0 Å². The maximum absolute atomic E-state index is 12.3. The molecule has 0 aliphatic carbocycles. The van der Waals surface area contributed by atoms with E-state index in [0.29, 0.717) is 26.1 Å². The van der Waals surface area contributed by atoms with E-state index in [4.69, 9.17) is 10.00 Å². The summed E-state index contributed by atoms with van der Waals surface area (Å²) in [6.07, 6.45) is 1.87. The van der Waals surface area contributed by atoms with Gasteiger partial charge >= 0.3 is 0 Å². The average Bonchev–Trinajstić information content (AvgIpc) is 2.62. The van der Waals surface area contributed by atoms with Gasteiger partial charge in [-0.3, -0.25) is 9.59 Å². The first-order valence-electron chi connectivity index (χ1n) is 8.19. The molecular formula is C18H23N3O3. The van der Waals surface area contributed by atoms with Crippen molar-refractivity contribution in [3.8, 4) is 11.8 Å². The fourth-order valence-electron chi connectivity index (χ4n) is 2.83. The third-order valence-corrected chi connectivity index (χ3v) is 4.14. The van der Waals surface area contributed by atoms with Crippen LogP contribution in [0, 0.1) is 17.2 Å². The summed E-state index contributed by atoms with van der Waals surface area (Å²) < 4.78 is 5.55. The largest absolute Gasteiger partial charge is 0.493 e. The number of benzene rings is 1. The first kappa shape index (κ1) is 17.8. The van der Waals surface area contributed by atoms with Crippen molar-refractivity contribution in [2.24, 2.45) is 5.92 Å². The number of carbonyl (C=O) groups excluding carboxylic acids is 2. The van der Waals surface area contributed by atoms with Crippen molar-refractivity contribution in [1.82, 2.24) is 9.80 Å². The molecule has 0 aromatic heterocycles. The minimum atomic E-state index is -0.212. The van der Waals surface area contributed by atoms with Gasteiger partial charge in [0.2, 0.25) is 11.8 Å². The lowest BCUT2D eigenvalue weighted by Crippen LogP contribution is -2.46. The molecule has 2 amide bonds. The van der Waals surface area contributed by atoms with Gasteiger partial charge in [-0.2, -0.15) is 5.26 Å². The molecule has 1 heterocycles. The minimum Gasteiger partial charge on any atom is -0.493 e. The number of hydrogen-bond acceptors (Lipinski definition) is 4. The molecule has 1 saturated heterocycles. The maximum atomic E-state index is 12.3. The molecular weight excluding hydrogens is 306 g/mol. The Morgan fingerprint density at radius 1 is 1.38 bits per heavy atom. The number of rotatable bonds is 6. The molecule has 1 aromatic rings. The van der Waals surface area contributed by atoms with Crippen LogP contribution in [0.2, 0.25) is 0 Å². The third-order valence-electron chi connectivity index (χ3n) is 4.14. The molecule has 1 aromatic carbocycles. The van der Waals surface area contributed by atoms with Crippen LogP contribution >= 0.6 is 0 Å². The molecule has 0 bridgehead atoms. The highest BCUT2D eigenvalue weighted by atomic mass is 16.5. The Morgan fingerprint density at radius 2 is 2.12 bits per heavy atom. The number of para-hydroxylation sites is 1.